The highest BCUT2D eigenvalue weighted by Crippen LogP contribution is 2.30. The first kappa shape index (κ1) is 27.9. The van der Waals surface area contributed by atoms with Gasteiger partial charge >= 0.3 is 0 Å². The lowest BCUT2D eigenvalue weighted by Gasteiger charge is -2.17. The fraction of sp³-hybridized carbons (Fsp3) is 0.290. The highest BCUT2D eigenvalue weighted by atomic mass is 19.1. The minimum atomic E-state index is -0.493. The molecule has 2 aliphatic heterocycles. The van der Waals surface area contributed by atoms with Crippen molar-refractivity contribution in [3.05, 3.63) is 88.9 Å². The number of fused-ring (bicyclic) bond motifs is 2. The number of halogens is 1. The van der Waals surface area contributed by atoms with Crippen LogP contribution in [0.25, 0.3) is 22.0 Å². The molecular weight excluding hydrogens is 493 g/mol. The molecule has 1 aromatic heterocycles. The second-order valence-electron chi connectivity index (χ2n) is 9.44. The molecule has 2 aliphatic rings. The van der Waals surface area contributed by atoms with Gasteiger partial charge in [-0.1, -0.05) is 50.2 Å². The molecule has 0 bridgehead atoms. The number of rotatable bonds is 3. The van der Waals surface area contributed by atoms with Crippen LogP contribution < -0.4 is 11.1 Å². The van der Waals surface area contributed by atoms with Gasteiger partial charge in [-0.25, -0.2) is 14.4 Å². The first-order valence-corrected chi connectivity index (χ1v) is 13.3. The molecule has 1 amide bonds. The van der Waals surface area contributed by atoms with Crippen LogP contribution >= 0.6 is 0 Å². The van der Waals surface area contributed by atoms with Crippen molar-refractivity contribution in [1.29, 1.82) is 0 Å². The number of nitrogen functional groups attached to an aromatic ring is 1. The monoisotopic (exact) mass is 527 g/mol. The minimum Gasteiger partial charge on any atom is -0.368 e. The third-order valence-corrected chi connectivity index (χ3v) is 6.80. The molecule has 0 aliphatic carbocycles. The van der Waals surface area contributed by atoms with E-state index in [-0.39, 0.29) is 23.1 Å². The standard InChI is InChI=1S/C24H17FN4O2.C5H11N.C2H6/c25-18-6-7-19(17(9-18)13-30)14-5-8-21-20(10-14)22(28-24(26)27-21)23(31)29-11-15-3-1-2-4-16(15)12-29;1-5-3-2-4-6-5;1-2/h1-10,13H,11-12H2,(H2,26,27,28);5-6H,2-4H2,1H3;1-2H3. The van der Waals surface area contributed by atoms with Crippen molar-refractivity contribution >= 4 is 29.0 Å². The summed E-state index contributed by atoms with van der Waals surface area (Å²) < 4.78 is 13.6. The van der Waals surface area contributed by atoms with Crippen molar-refractivity contribution in [2.45, 2.75) is 52.7 Å². The van der Waals surface area contributed by atoms with Crippen LogP contribution in [-0.4, -0.2) is 39.6 Å². The number of hydrogen-bond acceptors (Lipinski definition) is 6. The van der Waals surface area contributed by atoms with Crippen LogP contribution in [0.15, 0.2) is 60.7 Å². The Bertz CT molecular complexity index is 1460. The number of carbonyl (C=O) groups is 2. The molecule has 1 atom stereocenters. The lowest BCUT2D eigenvalue weighted by Crippen LogP contribution is -2.27. The first-order valence-electron chi connectivity index (χ1n) is 13.3. The van der Waals surface area contributed by atoms with Gasteiger partial charge in [-0.15, -0.1) is 0 Å². The average Bonchev–Trinajstić information content (AvgIpc) is 3.62. The summed E-state index contributed by atoms with van der Waals surface area (Å²) in [7, 11) is 0. The Balaban J connectivity index is 0.000000385. The molecule has 202 valence electrons. The molecule has 39 heavy (non-hydrogen) atoms. The SMILES string of the molecule is CC.CC1CCCN1.Nc1nc(C(=O)N2Cc3ccccc3C2)c2cc(-c3ccc(F)cc3C=O)ccc2n1. The van der Waals surface area contributed by atoms with Crippen molar-refractivity contribution in [2.24, 2.45) is 0 Å². The zero-order valence-corrected chi connectivity index (χ0v) is 22.6. The summed E-state index contributed by atoms with van der Waals surface area (Å²) in [5, 5.41) is 3.84. The maximum atomic E-state index is 13.6. The first-order chi connectivity index (χ1) is 18.9. The van der Waals surface area contributed by atoms with E-state index in [0.29, 0.717) is 41.4 Å². The third-order valence-electron chi connectivity index (χ3n) is 6.80. The number of nitrogens with two attached hydrogens (primary N) is 1. The summed E-state index contributed by atoms with van der Waals surface area (Å²) in [4.78, 5) is 35.0. The predicted octanol–water partition coefficient (Wildman–Crippen LogP) is 5.77. The molecular formula is C31H34FN5O2. The van der Waals surface area contributed by atoms with Crippen molar-refractivity contribution in [3.8, 4) is 11.1 Å². The van der Waals surface area contributed by atoms with Crippen molar-refractivity contribution in [3.63, 3.8) is 0 Å². The van der Waals surface area contributed by atoms with E-state index in [1.54, 1.807) is 23.1 Å². The van der Waals surface area contributed by atoms with E-state index in [2.05, 4.69) is 22.2 Å². The Morgan fingerprint density at radius 3 is 2.36 bits per heavy atom. The van der Waals surface area contributed by atoms with Crippen molar-refractivity contribution in [2.75, 3.05) is 12.3 Å². The van der Waals surface area contributed by atoms with Gasteiger partial charge in [-0.3, -0.25) is 9.59 Å². The molecule has 7 nitrogen and oxygen atoms in total. The van der Waals surface area contributed by atoms with Gasteiger partial charge in [0.05, 0.1) is 5.52 Å². The molecule has 3 heterocycles. The molecule has 0 saturated carbocycles. The van der Waals surface area contributed by atoms with Gasteiger partial charge < -0.3 is 16.0 Å². The molecule has 1 unspecified atom stereocenters. The number of carbonyl (C=O) groups excluding carboxylic acids is 2. The molecule has 0 spiro atoms. The Morgan fingerprint density at radius 2 is 1.77 bits per heavy atom. The maximum Gasteiger partial charge on any atom is 0.273 e. The predicted molar refractivity (Wildman–Crippen MR) is 153 cm³/mol. The van der Waals surface area contributed by atoms with Crippen molar-refractivity contribution < 1.29 is 14.0 Å². The smallest absolute Gasteiger partial charge is 0.273 e. The van der Waals surface area contributed by atoms with Gasteiger partial charge in [-0.2, -0.15) is 0 Å². The van der Waals surface area contributed by atoms with E-state index in [4.69, 9.17) is 5.73 Å². The molecule has 3 N–H and O–H groups in total. The van der Waals surface area contributed by atoms with E-state index >= 15 is 0 Å². The average molecular weight is 528 g/mol. The van der Waals surface area contributed by atoms with Crippen LogP contribution in [0, 0.1) is 5.82 Å². The normalized spacial score (nSPS) is 15.6. The number of aldehydes is 1. The van der Waals surface area contributed by atoms with Gasteiger partial charge in [0.1, 0.15) is 11.5 Å². The highest BCUT2D eigenvalue weighted by Gasteiger charge is 2.27. The highest BCUT2D eigenvalue weighted by molar-refractivity contribution is 6.06. The summed E-state index contributed by atoms with van der Waals surface area (Å²) >= 11 is 0. The number of hydrogen-bond donors (Lipinski definition) is 2. The van der Waals surface area contributed by atoms with Gasteiger partial charge in [-0.05, 0) is 72.8 Å². The number of anilines is 1. The van der Waals surface area contributed by atoms with Gasteiger partial charge in [0.15, 0.2) is 6.29 Å². The molecule has 6 rings (SSSR count). The zero-order chi connectivity index (χ0) is 27.9. The minimum absolute atomic E-state index is 0.00988. The Kier molecular flexibility index (Phi) is 8.99. The fourth-order valence-electron chi connectivity index (χ4n) is 4.86. The second kappa shape index (κ2) is 12.6. The number of amides is 1. The van der Waals surface area contributed by atoms with Crippen LogP contribution in [0.3, 0.4) is 0 Å². The van der Waals surface area contributed by atoms with E-state index in [1.807, 2.05) is 38.1 Å². The largest absolute Gasteiger partial charge is 0.368 e. The van der Waals surface area contributed by atoms with Crippen molar-refractivity contribution in [1.82, 2.24) is 20.2 Å². The molecule has 8 heteroatoms. The number of nitrogens with zero attached hydrogens (tertiary/aromatic N) is 3. The fourth-order valence-corrected chi connectivity index (χ4v) is 4.86. The molecule has 1 fully saturated rings. The summed E-state index contributed by atoms with van der Waals surface area (Å²) in [6, 6.07) is 17.9. The van der Waals surface area contributed by atoms with Gasteiger partial charge in [0.2, 0.25) is 5.95 Å². The number of benzene rings is 3. The lowest BCUT2D eigenvalue weighted by molar-refractivity contribution is 0.0747. The number of aromatic nitrogens is 2. The van der Waals surface area contributed by atoms with E-state index in [9.17, 15) is 14.0 Å². The summed E-state index contributed by atoms with van der Waals surface area (Å²) in [5.41, 5.74) is 10.2. The van der Waals surface area contributed by atoms with Crippen LogP contribution in [-0.2, 0) is 13.1 Å². The van der Waals surface area contributed by atoms with Crippen LogP contribution in [0.4, 0.5) is 10.3 Å². The summed E-state index contributed by atoms with van der Waals surface area (Å²) in [6.07, 6.45) is 3.36. The Morgan fingerprint density at radius 1 is 1.05 bits per heavy atom. The number of nitrogens with one attached hydrogen (secondary N) is 1. The molecule has 4 aromatic rings. The Labute approximate surface area is 228 Å². The van der Waals surface area contributed by atoms with Crippen LogP contribution in [0.5, 0.6) is 0 Å². The van der Waals surface area contributed by atoms with E-state index in [0.717, 1.165) is 17.2 Å². The van der Waals surface area contributed by atoms with Gasteiger partial charge in [0.25, 0.3) is 5.91 Å². The quantitative estimate of drug-likeness (QED) is 0.328. The van der Waals surface area contributed by atoms with Crippen LogP contribution in [0.1, 0.15) is 65.6 Å². The molecule has 1 saturated heterocycles. The lowest BCUT2D eigenvalue weighted by atomic mass is 9.98. The topological polar surface area (TPSA) is 101 Å². The van der Waals surface area contributed by atoms with E-state index < -0.39 is 5.82 Å². The maximum absolute atomic E-state index is 13.6. The molecule has 3 aromatic carbocycles. The summed E-state index contributed by atoms with van der Waals surface area (Å²) in [5.74, 6) is -0.731. The molecule has 0 radical (unpaired) electrons. The van der Waals surface area contributed by atoms with Gasteiger partial charge in [0, 0.05) is 30.1 Å². The van der Waals surface area contributed by atoms with E-state index in [1.165, 1.54) is 37.6 Å². The second-order valence-corrected chi connectivity index (χ2v) is 9.44. The third kappa shape index (κ3) is 6.29. The van der Waals surface area contributed by atoms with Crippen LogP contribution in [0.2, 0.25) is 0 Å². The summed E-state index contributed by atoms with van der Waals surface area (Å²) in [6.45, 7) is 8.45. The zero-order valence-electron chi connectivity index (χ0n) is 22.6. The Hall–Kier alpha value is -4.17.